The second kappa shape index (κ2) is 10.8. The van der Waals surface area contributed by atoms with Gasteiger partial charge in [0.1, 0.15) is 5.75 Å². The van der Waals surface area contributed by atoms with Crippen LogP contribution in [0.25, 0.3) is 0 Å². The second-order valence-corrected chi connectivity index (χ2v) is 7.14. The summed E-state index contributed by atoms with van der Waals surface area (Å²) in [4.78, 5) is 37.3. The maximum absolute atomic E-state index is 12.7. The first-order chi connectivity index (χ1) is 15.5. The summed E-state index contributed by atoms with van der Waals surface area (Å²) in [5.41, 5.74) is 3.37. The molecule has 0 heterocycles. The van der Waals surface area contributed by atoms with E-state index in [1.54, 1.807) is 31.4 Å². The van der Waals surface area contributed by atoms with Crippen molar-refractivity contribution in [2.45, 2.75) is 20.0 Å². The number of methoxy groups -OCH3 is 1. The van der Waals surface area contributed by atoms with Gasteiger partial charge >= 0.3 is 11.8 Å². The fraction of sp³-hybridized carbons (Fsp3) is 0.160. The molecule has 0 atom stereocenters. The molecule has 164 valence electrons. The van der Waals surface area contributed by atoms with Crippen LogP contribution in [0, 0.1) is 6.92 Å². The van der Waals surface area contributed by atoms with Gasteiger partial charge in [0, 0.05) is 13.1 Å². The first-order valence-corrected chi connectivity index (χ1v) is 10.1. The molecule has 3 amide bonds. The largest absolute Gasteiger partial charge is 0.497 e. The number of benzene rings is 3. The maximum atomic E-state index is 12.7. The third-order valence-electron chi connectivity index (χ3n) is 4.94. The molecule has 3 rings (SSSR count). The summed E-state index contributed by atoms with van der Waals surface area (Å²) >= 11 is 0. The Morgan fingerprint density at radius 3 is 2.19 bits per heavy atom. The van der Waals surface area contributed by atoms with Gasteiger partial charge in [-0.05, 0) is 47.9 Å². The van der Waals surface area contributed by atoms with Crippen LogP contribution in [0.3, 0.4) is 0 Å². The summed E-state index contributed by atoms with van der Waals surface area (Å²) in [6.07, 6.45) is 0. The zero-order valence-corrected chi connectivity index (χ0v) is 18.0. The molecule has 0 aromatic heterocycles. The molecule has 0 aliphatic rings. The van der Waals surface area contributed by atoms with Crippen molar-refractivity contribution in [3.8, 4) is 5.75 Å². The summed E-state index contributed by atoms with van der Waals surface area (Å²) < 4.78 is 5.12. The van der Waals surface area contributed by atoms with Crippen molar-refractivity contribution in [3.63, 3.8) is 0 Å². The van der Waals surface area contributed by atoms with Crippen LogP contribution in [-0.2, 0) is 22.7 Å². The van der Waals surface area contributed by atoms with E-state index in [-0.39, 0.29) is 23.7 Å². The van der Waals surface area contributed by atoms with E-state index >= 15 is 0 Å². The number of ether oxygens (including phenoxy) is 1. The molecule has 7 heteroatoms. The Bertz CT molecular complexity index is 1110. The van der Waals surface area contributed by atoms with Gasteiger partial charge in [-0.1, -0.05) is 48.5 Å². The van der Waals surface area contributed by atoms with Crippen molar-refractivity contribution < 1.29 is 19.1 Å². The van der Waals surface area contributed by atoms with E-state index in [0.29, 0.717) is 6.54 Å². The van der Waals surface area contributed by atoms with E-state index in [0.717, 1.165) is 22.4 Å². The van der Waals surface area contributed by atoms with E-state index in [2.05, 4.69) is 16.0 Å². The Labute approximate surface area is 186 Å². The van der Waals surface area contributed by atoms with Crippen molar-refractivity contribution in [2.24, 2.45) is 0 Å². The third kappa shape index (κ3) is 5.95. The Morgan fingerprint density at radius 2 is 1.47 bits per heavy atom. The van der Waals surface area contributed by atoms with E-state index in [1.165, 1.54) is 0 Å². The quantitative estimate of drug-likeness (QED) is 0.501. The summed E-state index contributed by atoms with van der Waals surface area (Å²) in [7, 11) is 1.59. The molecule has 0 aliphatic carbocycles. The lowest BCUT2D eigenvalue weighted by molar-refractivity contribution is -0.136. The molecular weight excluding hydrogens is 406 g/mol. The average Bonchev–Trinajstić information content (AvgIpc) is 2.82. The molecule has 7 nitrogen and oxygen atoms in total. The number of nitrogens with one attached hydrogen (secondary N) is 3. The molecule has 3 aromatic rings. The van der Waals surface area contributed by atoms with Gasteiger partial charge in [0.15, 0.2) is 0 Å². The lowest BCUT2D eigenvalue weighted by atomic mass is 10.1. The number of hydrogen-bond donors (Lipinski definition) is 3. The highest BCUT2D eigenvalue weighted by atomic mass is 16.5. The normalized spacial score (nSPS) is 10.2. The first kappa shape index (κ1) is 22.6. The standard InChI is InChI=1S/C25H25N3O4/c1-17-7-3-4-8-19(17)16-27-24(30)25(31)28-22-10-6-5-9-21(22)23(29)26-15-18-11-13-20(32-2)14-12-18/h3-14H,15-16H2,1-2H3,(H,26,29)(H,27,30)(H,28,31). The van der Waals surface area contributed by atoms with Gasteiger partial charge in [0.2, 0.25) is 0 Å². The number of carbonyl (C=O) groups excluding carboxylic acids is 3. The van der Waals surface area contributed by atoms with Crippen LogP contribution in [0.2, 0.25) is 0 Å². The number of hydrogen-bond acceptors (Lipinski definition) is 4. The summed E-state index contributed by atoms with van der Waals surface area (Å²) in [6, 6.07) is 21.5. The van der Waals surface area contributed by atoms with Crippen molar-refractivity contribution in [1.82, 2.24) is 10.6 Å². The van der Waals surface area contributed by atoms with Gasteiger partial charge in [-0.15, -0.1) is 0 Å². The number of rotatable bonds is 7. The van der Waals surface area contributed by atoms with E-state index in [9.17, 15) is 14.4 Å². The van der Waals surface area contributed by atoms with Crippen LogP contribution in [0.4, 0.5) is 5.69 Å². The molecule has 3 N–H and O–H groups in total. The minimum absolute atomic E-state index is 0.239. The minimum atomic E-state index is -0.839. The molecule has 0 unspecified atom stereocenters. The lowest BCUT2D eigenvalue weighted by Crippen LogP contribution is -2.35. The number of aryl methyl sites for hydroxylation is 1. The van der Waals surface area contributed by atoms with Gasteiger partial charge < -0.3 is 20.7 Å². The molecule has 0 saturated heterocycles. The fourth-order valence-electron chi connectivity index (χ4n) is 3.05. The Morgan fingerprint density at radius 1 is 0.781 bits per heavy atom. The topological polar surface area (TPSA) is 96.5 Å². The number of para-hydroxylation sites is 1. The van der Waals surface area contributed by atoms with E-state index in [1.807, 2.05) is 55.5 Å². The van der Waals surface area contributed by atoms with Gasteiger partial charge in [0.05, 0.1) is 18.4 Å². The SMILES string of the molecule is COc1ccc(CNC(=O)c2ccccc2NC(=O)C(=O)NCc2ccccc2C)cc1. The van der Waals surface area contributed by atoms with Crippen LogP contribution in [0.5, 0.6) is 5.75 Å². The minimum Gasteiger partial charge on any atom is -0.497 e. The predicted octanol–water partition coefficient (Wildman–Crippen LogP) is 3.19. The highest BCUT2D eigenvalue weighted by Crippen LogP contribution is 2.16. The van der Waals surface area contributed by atoms with Crippen LogP contribution < -0.4 is 20.7 Å². The van der Waals surface area contributed by atoms with Gasteiger partial charge in [-0.2, -0.15) is 0 Å². The molecule has 0 fully saturated rings. The first-order valence-electron chi connectivity index (χ1n) is 10.1. The Hall–Kier alpha value is -4.13. The van der Waals surface area contributed by atoms with E-state index in [4.69, 9.17) is 4.74 Å². The average molecular weight is 431 g/mol. The van der Waals surface area contributed by atoms with Crippen LogP contribution in [0.15, 0.2) is 72.8 Å². The van der Waals surface area contributed by atoms with Gasteiger partial charge in [0.25, 0.3) is 5.91 Å². The van der Waals surface area contributed by atoms with Crippen molar-refractivity contribution >= 4 is 23.4 Å². The number of carbonyl (C=O) groups is 3. The summed E-state index contributed by atoms with van der Waals surface area (Å²) in [5.74, 6) is -1.25. The molecule has 32 heavy (non-hydrogen) atoms. The van der Waals surface area contributed by atoms with Crippen molar-refractivity contribution in [3.05, 3.63) is 95.1 Å². The highest BCUT2D eigenvalue weighted by molar-refractivity contribution is 6.40. The molecule has 0 aliphatic heterocycles. The predicted molar refractivity (Wildman–Crippen MR) is 122 cm³/mol. The molecular formula is C25H25N3O4. The lowest BCUT2D eigenvalue weighted by Gasteiger charge is -2.12. The molecule has 0 saturated carbocycles. The van der Waals surface area contributed by atoms with Gasteiger partial charge in [-0.25, -0.2) is 0 Å². The zero-order chi connectivity index (χ0) is 22.9. The Kier molecular flexibility index (Phi) is 7.59. The van der Waals surface area contributed by atoms with Crippen LogP contribution in [-0.4, -0.2) is 24.8 Å². The van der Waals surface area contributed by atoms with E-state index < -0.39 is 11.8 Å². The van der Waals surface area contributed by atoms with Crippen LogP contribution >= 0.6 is 0 Å². The monoisotopic (exact) mass is 431 g/mol. The van der Waals surface area contributed by atoms with Crippen molar-refractivity contribution in [1.29, 1.82) is 0 Å². The zero-order valence-electron chi connectivity index (χ0n) is 18.0. The fourth-order valence-corrected chi connectivity index (χ4v) is 3.05. The summed E-state index contributed by atoms with van der Waals surface area (Å²) in [5, 5.41) is 7.95. The molecule has 0 bridgehead atoms. The Balaban J connectivity index is 1.59. The number of anilines is 1. The highest BCUT2D eigenvalue weighted by Gasteiger charge is 2.18. The van der Waals surface area contributed by atoms with Crippen LogP contribution in [0.1, 0.15) is 27.0 Å². The van der Waals surface area contributed by atoms with Crippen molar-refractivity contribution in [2.75, 3.05) is 12.4 Å². The third-order valence-corrected chi connectivity index (χ3v) is 4.94. The molecule has 0 radical (unpaired) electrons. The molecule has 0 spiro atoms. The molecule has 3 aromatic carbocycles. The van der Waals surface area contributed by atoms with Gasteiger partial charge in [-0.3, -0.25) is 14.4 Å². The smallest absolute Gasteiger partial charge is 0.313 e. The second-order valence-electron chi connectivity index (χ2n) is 7.14. The number of amides is 3. The maximum Gasteiger partial charge on any atom is 0.313 e. The summed E-state index contributed by atoms with van der Waals surface area (Å²) in [6.45, 7) is 2.48.